The molecule has 2 aromatic carbocycles. The van der Waals surface area contributed by atoms with Gasteiger partial charge in [-0.25, -0.2) is 0 Å². The maximum absolute atomic E-state index is 3.46. The van der Waals surface area contributed by atoms with E-state index in [-0.39, 0.29) is 6.04 Å². The highest BCUT2D eigenvalue weighted by Gasteiger charge is 2.13. The molecule has 21 heavy (non-hydrogen) atoms. The first-order valence-electron chi connectivity index (χ1n) is 8.11. The Hall–Kier alpha value is -1.60. The first-order valence-corrected chi connectivity index (χ1v) is 8.11. The van der Waals surface area contributed by atoms with Gasteiger partial charge in [0.15, 0.2) is 0 Å². The van der Waals surface area contributed by atoms with E-state index in [9.17, 15) is 0 Å². The zero-order valence-corrected chi connectivity index (χ0v) is 13.7. The lowest BCUT2D eigenvalue weighted by Crippen LogP contribution is -2.18. The van der Waals surface area contributed by atoms with Gasteiger partial charge in [-0.2, -0.15) is 0 Å². The van der Waals surface area contributed by atoms with Crippen molar-refractivity contribution in [2.24, 2.45) is 0 Å². The third-order valence-electron chi connectivity index (χ3n) is 4.34. The van der Waals surface area contributed by atoms with Gasteiger partial charge >= 0.3 is 0 Å². The molecule has 0 bridgehead atoms. The van der Waals surface area contributed by atoms with Gasteiger partial charge in [-0.05, 0) is 54.1 Å². The molecule has 0 aliphatic rings. The van der Waals surface area contributed by atoms with Crippen LogP contribution >= 0.6 is 0 Å². The maximum atomic E-state index is 3.46. The van der Waals surface area contributed by atoms with E-state index in [0.29, 0.717) is 0 Å². The Morgan fingerprint density at radius 3 is 1.90 bits per heavy atom. The summed E-state index contributed by atoms with van der Waals surface area (Å²) < 4.78 is 0. The van der Waals surface area contributed by atoms with Crippen LogP contribution in [-0.2, 0) is 19.3 Å². The molecule has 112 valence electrons. The van der Waals surface area contributed by atoms with Gasteiger partial charge < -0.3 is 5.32 Å². The van der Waals surface area contributed by atoms with Crippen molar-refractivity contribution < 1.29 is 0 Å². The molecule has 0 saturated heterocycles. The van der Waals surface area contributed by atoms with Crippen LogP contribution in [0.4, 0.5) is 0 Å². The van der Waals surface area contributed by atoms with Crippen molar-refractivity contribution in [1.29, 1.82) is 0 Å². The Morgan fingerprint density at radius 2 is 1.38 bits per heavy atom. The molecule has 0 radical (unpaired) electrons. The molecule has 0 saturated carbocycles. The van der Waals surface area contributed by atoms with Crippen LogP contribution in [0.2, 0.25) is 0 Å². The second-order valence-electron chi connectivity index (χ2n) is 5.55. The number of benzene rings is 2. The quantitative estimate of drug-likeness (QED) is 0.810. The molecule has 1 unspecified atom stereocenters. The van der Waals surface area contributed by atoms with E-state index in [1.165, 1.54) is 27.8 Å². The summed E-state index contributed by atoms with van der Waals surface area (Å²) in [6, 6.07) is 16.2. The molecular weight excluding hydrogens is 254 g/mol. The molecule has 0 heterocycles. The third kappa shape index (κ3) is 3.54. The second kappa shape index (κ2) is 7.42. The minimum absolute atomic E-state index is 0.270. The molecule has 0 aliphatic carbocycles. The Bertz CT molecular complexity index is 569. The van der Waals surface area contributed by atoms with Crippen LogP contribution in [0.15, 0.2) is 42.5 Å². The van der Waals surface area contributed by atoms with Crippen molar-refractivity contribution in [3.05, 3.63) is 70.3 Å². The fourth-order valence-electron chi connectivity index (χ4n) is 2.97. The summed E-state index contributed by atoms with van der Waals surface area (Å²) in [7, 11) is 2.04. The molecule has 2 rings (SSSR count). The van der Waals surface area contributed by atoms with Gasteiger partial charge in [-0.15, -0.1) is 0 Å². The number of hydrogen-bond acceptors (Lipinski definition) is 1. The number of nitrogens with one attached hydrogen (secondary N) is 1. The van der Waals surface area contributed by atoms with E-state index in [1.54, 1.807) is 0 Å². The predicted octanol–water partition coefficient (Wildman–Crippen LogP) is 4.68. The fraction of sp³-hybridized carbons (Fsp3) is 0.400. The van der Waals surface area contributed by atoms with E-state index < -0.39 is 0 Å². The van der Waals surface area contributed by atoms with E-state index in [1.807, 2.05) is 7.05 Å². The van der Waals surface area contributed by atoms with Gasteiger partial charge in [0, 0.05) is 0 Å². The van der Waals surface area contributed by atoms with Crippen LogP contribution in [0.5, 0.6) is 0 Å². The Morgan fingerprint density at radius 1 is 0.762 bits per heavy atom. The predicted molar refractivity (Wildman–Crippen MR) is 91.9 cm³/mol. The van der Waals surface area contributed by atoms with Gasteiger partial charge in [0.2, 0.25) is 0 Å². The fourth-order valence-corrected chi connectivity index (χ4v) is 2.97. The second-order valence-corrected chi connectivity index (χ2v) is 5.55. The molecule has 1 nitrogen and oxygen atoms in total. The third-order valence-corrected chi connectivity index (χ3v) is 4.34. The van der Waals surface area contributed by atoms with Crippen molar-refractivity contribution >= 4 is 0 Å². The van der Waals surface area contributed by atoms with E-state index in [4.69, 9.17) is 0 Å². The molecule has 1 heteroatoms. The highest BCUT2D eigenvalue weighted by atomic mass is 14.9. The lowest BCUT2D eigenvalue weighted by Gasteiger charge is -2.19. The molecule has 0 aromatic heterocycles. The summed E-state index contributed by atoms with van der Waals surface area (Å²) >= 11 is 0. The monoisotopic (exact) mass is 281 g/mol. The van der Waals surface area contributed by atoms with Gasteiger partial charge in [0.1, 0.15) is 0 Å². The summed E-state index contributed by atoms with van der Waals surface area (Å²) in [5.41, 5.74) is 7.03. The standard InChI is InChI=1S/C20H27N/c1-5-15-8-10-18(11-9-15)20(21-4)19-13-12-16(6-2)17(7-3)14-19/h8-14,20-21H,5-7H2,1-4H3. The summed E-state index contributed by atoms with van der Waals surface area (Å²) in [5, 5.41) is 3.46. The Balaban J connectivity index is 2.35. The summed E-state index contributed by atoms with van der Waals surface area (Å²) in [5.74, 6) is 0. The molecule has 2 aromatic rings. The van der Waals surface area contributed by atoms with Crippen molar-refractivity contribution in [3.63, 3.8) is 0 Å². The summed E-state index contributed by atoms with van der Waals surface area (Å²) in [6.07, 6.45) is 3.30. The lowest BCUT2D eigenvalue weighted by atomic mass is 9.93. The van der Waals surface area contributed by atoms with Crippen LogP contribution in [0.1, 0.15) is 54.6 Å². The highest BCUT2D eigenvalue weighted by Crippen LogP contribution is 2.25. The van der Waals surface area contributed by atoms with E-state index in [2.05, 4.69) is 68.6 Å². The molecule has 0 aliphatic heterocycles. The number of hydrogen-bond donors (Lipinski definition) is 1. The number of aryl methyl sites for hydroxylation is 3. The molecular formula is C20H27N. The lowest BCUT2D eigenvalue weighted by molar-refractivity contribution is 0.689. The van der Waals surface area contributed by atoms with Crippen molar-refractivity contribution in [2.45, 2.75) is 46.1 Å². The smallest absolute Gasteiger partial charge is 0.0574 e. The molecule has 0 amide bonds. The zero-order valence-electron chi connectivity index (χ0n) is 13.7. The zero-order chi connectivity index (χ0) is 15.2. The average molecular weight is 281 g/mol. The molecule has 0 fully saturated rings. The average Bonchev–Trinajstić information content (AvgIpc) is 2.56. The highest BCUT2D eigenvalue weighted by molar-refractivity contribution is 5.39. The first-order chi connectivity index (χ1) is 10.2. The van der Waals surface area contributed by atoms with E-state index >= 15 is 0 Å². The first kappa shape index (κ1) is 15.8. The van der Waals surface area contributed by atoms with Crippen LogP contribution in [0.3, 0.4) is 0 Å². The maximum Gasteiger partial charge on any atom is 0.0574 e. The largest absolute Gasteiger partial charge is 0.309 e. The SMILES string of the molecule is CCc1ccc(C(NC)c2ccc(CC)c(CC)c2)cc1. The minimum atomic E-state index is 0.270. The molecule has 1 atom stereocenters. The van der Waals surface area contributed by atoms with Gasteiger partial charge in [-0.3, -0.25) is 0 Å². The van der Waals surface area contributed by atoms with Crippen molar-refractivity contribution in [3.8, 4) is 0 Å². The Labute approximate surface area is 129 Å². The molecule has 1 N–H and O–H groups in total. The Kier molecular flexibility index (Phi) is 5.58. The van der Waals surface area contributed by atoms with Crippen LogP contribution in [0.25, 0.3) is 0 Å². The van der Waals surface area contributed by atoms with Crippen LogP contribution < -0.4 is 5.32 Å². The molecule has 0 spiro atoms. The normalized spacial score (nSPS) is 12.4. The van der Waals surface area contributed by atoms with Gasteiger partial charge in [0.05, 0.1) is 6.04 Å². The van der Waals surface area contributed by atoms with E-state index in [0.717, 1.165) is 19.3 Å². The summed E-state index contributed by atoms with van der Waals surface area (Å²) in [4.78, 5) is 0. The van der Waals surface area contributed by atoms with Crippen LogP contribution in [0, 0.1) is 0 Å². The van der Waals surface area contributed by atoms with Gasteiger partial charge in [0.25, 0.3) is 0 Å². The van der Waals surface area contributed by atoms with Crippen molar-refractivity contribution in [2.75, 3.05) is 7.05 Å². The van der Waals surface area contributed by atoms with Crippen LogP contribution in [-0.4, -0.2) is 7.05 Å². The van der Waals surface area contributed by atoms with Gasteiger partial charge in [-0.1, -0.05) is 63.2 Å². The minimum Gasteiger partial charge on any atom is -0.309 e. The number of rotatable bonds is 6. The topological polar surface area (TPSA) is 12.0 Å². The van der Waals surface area contributed by atoms with Crippen molar-refractivity contribution in [1.82, 2.24) is 5.32 Å². The summed E-state index contributed by atoms with van der Waals surface area (Å²) in [6.45, 7) is 6.66.